The Morgan fingerprint density at radius 2 is 1.69 bits per heavy atom. The summed E-state index contributed by atoms with van der Waals surface area (Å²) in [6.07, 6.45) is 0. The van der Waals surface area contributed by atoms with E-state index < -0.39 is 0 Å². The third kappa shape index (κ3) is 4.97. The predicted octanol–water partition coefficient (Wildman–Crippen LogP) is 4.98. The molecule has 1 heterocycles. The van der Waals surface area contributed by atoms with Crippen molar-refractivity contribution in [3.8, 4) is 0 Å². The van der Waals surface area contributed by atoms with Gasteiger partial charge in [-0.3, -0.25) is 4.90 Å². The van der Waals surface area contributed by atoms with E-state index in [0.717, 1.165) is 48.5 Å². The number of hydrogen-bond acceptors (Lipinski definition) is 2. The Labute approximate surface area is 166 Å². The Hall–Kier alpha value is -1.62. The maximum Gasteiger partial charge on any atom is 0.173 e. The standard InChI is InChI=1S/C21H26ClN3S/c1-16(2)17-7-9-19(10-8-17)23-21(26)25-13-11-24(12-14-25)15-18-5-3-4-6-20(18)22/h3-10,16H,11-15H2,1-2H3,(H,23,26). The molecule has 2 aromatic carbocycles. The zero-order valence-electron chi connectivity index (χ0n) is 15.4. The molecule has 2 aromatic rings. The van der Waals surface area contributed by atoms with Gasteiger partial charge in [-0.1, -0.05) is 55.8 Å². The van der Waals surface area contributed by atoms with Crippen molar-refractivity contribution < 1.29 is 0 Å². The summed E-state index contributed by atoms with van der Waals surface area (Å²) in [5.41, 5.74) is 3.58. The van der Waals surface area contributed by atoms with Gasteiger partial charge in [-0.15, -0.1) is 0 Å². The highest BCUT2D eigenvalue weighted by atomic mass is 35.5. The molecule has 0 aliphatic carbocycles. The van der Waals surface area contributed by atoms with E-state index in [9.17, 15) is 0 Å². The third-order valence-corrected chi connectivity index (χ3v) is 5.57. The van der Waals surface area contributed by atoms with Crippen molar-refractivity contribution in [3.05, 3.63) is 64.7 Å². The molecule has 26 heavy (non-hydrogen) atoms. The van der Waals surface area contributed by atoms with E-state index in [2.05, 4.69) is 59.3 Å². The first-order valence-electron chi connectivity index (χ1n) is 9.14. The molecule has 0 radical (unpaired) electrons. The van der Waals surface area contributed by atoms with E-state index in [-0.39, 0.29) is 0 Å². The summed E-state index contributed by atoms with van der Waals surface area (Å²) in [6.45, 7) is 9.13. The topological polar surface area (TPSA) is 18.5 Å². The molecule has 0 spiro atoms. The van der Waals surface area contributed by atoms with E-state index >= 15 is 0 Å². The van der Waals surface area contributed by atoms with Crippen molar-refractivity contribution in [3.63, 3.8) is 0 Å². The van der Waals surface area contributed by atoms with Gasteiger partial charge in [-0.2, -0.15) is 0 Å². The number of hydrogen-bond donors (Lipinski definition) is 1. The van der Waals surface area contributed by atoms with Crippen molar-refractivity contribution in [2.75, 3.05) is 31.5 Å². The number of benzene rings is 2. The van der Waals surface area contributed by atoms with Gasteiger partial charge in [0.2, 0.25) is 0 Å². The van der Waals surface area contributed by atoms with Crippen LogP contribution in [-0.2, 0) is 6.54 Å². The molecule has 1 saturated heterocycles. The summed E-state index contributed by atoms with van der Waals surface area (Å²) in [4.78, 5) is 4.67. The number of thiocarbonyl (C=S) groups is 1. The number of rotatable bonds is 4. The van der Waals surface area contributed by atoms with E-state index in [4.69, 9.17) is 23.8 Å². The Morgan fingerprint density at radius 1 is 1.04 bits per heavy atom. The first-order chi connectivity index (χ1) is 12.5. The molecule has 0 saturated carbocycles. The van der Waals surface area contributed by atoms with E-state index in [1.807, 2.05) is 18.2 Å². The average molecular weight is 388 g/mol. The van der Waals surface area contributed by atoms with Gasteiger partial charge < -0.3 is 10.2 Å². The lowest BCUT2D eigenvalue weighted by molar-refractivity contribution is 0.177. The van der Waals surface area contributed by atoms with Crippen LogP contribution in [0.1, 0.15) is 30.9 Å². The highest BCUT2D eigenvalue weighted by molar-refractivity contribution is 7.80. The minimum Gasteiger partial charge on any atom is -0.346 e. The van der Waals surface area contributed by atoms with Crippen molar-refractivity contribution in [2.45, 2.75) is 26.3 Å². The molecule has 1 aliphatic rings. The molecular formula is C21H26ClN3S. The van der Waals surface area contributed by atoms with Gasteiger partial charge in [-0.05, 0) is 47.5 Å². The van der Waals surface area contributed by atoms with Crippen LogP contribution in [-0.4, -0.2) is 41.1 Å². The first kappa shape index (κ1) is 19.2. The van der Waals surface area contributed by atoms with Gasteiger partial charge in [0, 0.05) is 43.4 Å². The zero-order chi connectivity index (χ0) is 18.5. The summed E-state index contributed by atoms with van der Waals surface area (Å²) in [6, 6.07) is 16.6. The number of piperazine rings is 1. The Bertz CT molecular complexity index is 737. The van der Waals surface area contributed by atoms with Gasteiger partial charge in [0.1, 0.15) is 0 Å². The van der Waals surface area contributed by atoms with Crippen LogP contribution in [0.5, 0.6) is 0 Å². The van der Waals surface area contributed by atoms with Crippen molar-refractivity contribution in [1.82, 2.24) is 9.80 Å². The largest absolute Gasteiger partial charge is 0.346 e. The van der Waals surface area contributed by atoms with Gasteiger partial charge in [0.05, 0.1) is 0 Å². The fourth-order valence-electron chi connectivity index (χ4n) is 3.13. The molecule has 0 amide bonds. The lowest BCUT2D eigenvalue weighted by atomic mass is 10.0. The van der Waals surface area contributed by atoms with Crippen molar-refractivity contribution >= 4 is 34.6 Å². The van der Waals surface area contributed by atoms with E-state index in [1.54, 1.807) is 0 Å². The molecule has 138 valence electrons. The normalized spacial score (nSPS) is 15.3. The second-order valence-electron chi connectivity index (χ2n) is 7.06. The summed E-state index contributed by atoms with van der Waals surface area (Å²) in [5.74, 6) is 0.544. The molecule has 0 unspecified atom stereocenters. The second kappa shape index (κ2) is 8.85. The first-order valence-corrected chi connectivity index (χ1v) is 9.93. The van der Waals surface area contributed by atoms with Crippen molar-refractivity contribution in [2.24, 2.45) is 0 Å². The molecule has 1 N–H and O–H groups in total. The summed E-state index contributed by atoms with van der Waals surface area (Å²) in [5, 5.41) is 5.02. The minimum atomic E-state index is 0.544. The molecule has 3 nitrogen and oxygen atoms in total. The van der Waals surface area contributed by atoms with Crippen LogP contribution in [0.3, 0.4) is 0 Å². The van der Waals surface area contributed by atoms with Crippen LogP contribution >= 0.6 is 23.8 Å². The van der Waals surface area contributed by atoms with Crippen molar-refractivity contribution in [1.29, 1.82) is 0 Å². The molecule has 1 fully saturated rings. The third-order valence-electron chi connectivity index (χ3n) is 4.84. The fraction of sp³-hybridized carbons (Fsp3) is 0.381. The molecule has 3 rings (SSSR count). The van der Waals surface area contributed by atoms with Gasteiger partial charge >= 0.3 is 0 Å². The zero-order valence-corrected chi connectivity index (χ0v) is 17.0. The van der Waals surface area contributed by atoms with Crippen LogP contribution in [0.4, 0.5) is 5.69 Å². The summed E-state index contributed by atoms with van der Waals surface area (Å²) < 4.78 is 0. The van der Waals surface area contributed by atoms with Crippen LogP contribution in [0.25, 0.3) is 0 Å². The highest BCUT2D eigenvalue weighted by Gasteiger charge is 2.19. The summed E-state index contributed by atoms with van der Waals surface area (Å²) >= 11 is 11.9. The number of halogens is 1. The Balaban J connectivity index is 1.49. The minimum absolute atomic E-state index is 0.544. The molecule has 0 bridgehead atoms. The molecule has 1 aliphatic heterocycles. The van der Waals surface area contributed by atoms with E-state index in [0.29, 0.717) is 5.92 Å². The maximum atomic E-state index is 6.28. The molecule has 5 heteroatoms. The molecular weight excluding hydrogens is 362 g/mol. The van der Waals surface area contributed by atoms with Crippen LogP contribution in [0.2, 0.25) is 5.02 Å². The van der Waals surface area contributed by atoms with Crippen LogP contribution < -0.4 is 5.32 Å². The SMILES string of the molecule is CC(C)c1ccc(NC(=S)N2CCN(Cc3ccccc3Cl)CC2)cc1. The smallest absolute Gasteiger partial charge is 0.173 e. The maximum absolute atomic E-state index is 6.28. The Kier molecular flexibility index (Phi) is 6.52. The van der Waals surface area contributed by atoms with Crippen LogP contribution in [0, 0.1) is 0 Å². The monoisotopic (exact) mass is 387 g/mol. The van der Waals surface area contributed by atoms with Gasteiger partial charge in [0.15, 0.2) is 5.11 Å². The molecule has 0 aromatic heterocycles. The van der Waals surface area contributed by atoms with Gasteiger partial charge in [0.25, 0.3) is 0 Å². The number of anilines is 1. The molecule has 0 atom stereocenters. The van der Waals surface area contributed by atoms with E-state index in [1.165, 1.54) is 11.1 Å². The quantitative estimate of drug-likeness (QED) is 0.745. The van der Waals surface area contributed by atoms with Crippen LogP contribution in [0.15, 0.2) is 48.5 Å². The highest BCUT2D eigenvalue weighted by Crippen LogP contribution is 2.19. The lowest BCUT2D eigenvalue weighted by Crippen LogP contribution is -2.49. The van der Waals surface area contributed by atoms with Gasteiger partial charge in [-0.25, -0.2) is 0 Å². The number of nitrogens with zero attached hydrogens (tertiary/aromatic N) is 2. The lowest BCUT2D eigenvalue weighted by Gasteiger charge is -2.36. The Morgan fingerprint density at radius 3 is 2.31 bits per heavy atom. The predicted molar refractivity (Wildman–Crippen MR) is 115 cm³/mol. The number of nitrogens with one attached hydrogen (secondary N) is 1. The second-order valence-corrected chi connectivity index (χ2v) is 7.86. The average Bonchev–Trinajstić information content (AvgIpc) is 2.64. The fourth-order valence-corrected chi connectivity index (χ4v) is 3.63. The summed E-state index contributed by atoms with van der Waals surface area (Å²) in [7, 11) is 0.